The van der Waals surface area contributed by atoms with Crippen molar-refractivity contribution in [1.29, 1.82) is 0 Å². The molecular formula is C12H17N5O2S. The summed E-state index contributed by atoms with van der Waals surface area (Å²) in [6, 6.07) is 0. The molecule has 0 amide bonds. The summed E-state index contributed by atoms with van der Waals surface area (Å²) >= 11 is 1.51. The van der Waals surface area contributed by atoms with E-state index in [1.807, 2.05) is 13.8 Å². The van der Waals surface area contributed by atoms with Crippen molar-refractivity contribution in [1.82, 2.24) is 20.0 Å². The molecule has 0 atom stereocenters. The number of carbonyl (C=O) groups excluding carboxylic acids is 1. The number of carbonyl (C=O) groups is 1. The molecule has 0 spiro atoms. The molecule has 7 nitrogen and oxygen atoms in total. The molecule has 0 saturated carbocycles. The van der Waals surface area contributed by atoms with Crippen LogP contribution in [0.25, 0.3) is 10.6 Å². The Morgan fingerprint density at radius 2 is 2.20 bits per heavy atom. The first kappa shape index (κ1) is 14.6. The van der Waals surface area contributed by atoms with Gasteiger partial charge in [0.1, 0.15) is 5.69 Å². The second-order valence-electron chi connectivity index (χ2n) is 4.29. The van der Waals surface area contributed by atoms with Crippen molar-refractivity contribution in [3.63, 3.8) is 0 Å². The van der Waals surface area contributed by atoms with Crippen molar-refractivity contribution >= 4 is 17.3 Å². The van der Waals surface area contributed by atoms with Crippen LogP contribution in [0.4, 0.5) is 0 Å². The van der Waals surface area contributed by atoms with Gasteiger partial charge in [-0.3, -0.25) is 0 Å². The van der Waals surface area contributed by atoms with E-state index in [1.54, 1.807) is 4.68 Å². The minimum atomic E-state index is -0.496. The number of nitrogens with two attached hydrogens (primary N) is 1. The van der Waals surface area contributed by atoms with Gasteiger partial charge in [-0.25, -0.2) is 14.5 Å². The molecule has 0 radical (unpaired) electrons. The van der Waals surface area contributed by atoms with E-state index in [1.165, 1.54) is 18.4 Å². The van der Waals surface area contributed by atoms with E-state index >= 15 is 0 Å². The zero-order valence-corrected chi connectivity index (χ0v) is 12.5. The van der Waals surface area contributed by atoms with Crippen molar-refractivity contribution in [3.05, 3.63) is 16.4 Å². The standard InChI is InChI=1S/C12H17N5O2S/c1-7-11(20-8(2)14-7)10-9(12(18)19-3)15-16-17(10)6-4-5-13/h4-6,13H2,1-3H3. The zero-order chi connectivity index (χ0) is 14.7. The van der Waals surface area contributed by atoms with Crippen LogP contribution in [0.2, 0.25) is 0 Å². The molecule has 2 rings (SSSR count). The molecule has 0 aliphatic rings. The summed E-state index contributed by atoms with van der Waals surface area (Å²) in [5, 5.41) is 8.91. The van der Waals surface area contributed by atoms with Crippen LogP contribution in [0, 0.1) is 13.8 Å². The molecule has 0 aliphatic heterocycles. The second-order valence-corrected chi connectivity index (χ2v) is 5.49. The maximum atomic E-state index is 11.8. The van der Waals surface area contributed by atoms with Crippen LogP contribution in [0.1, 0.15) is 27.6 Å². The first-order valence-corrected chi connectivity index (χ1v) is 7.06. The summed E-state index contributed by atoms with van der Waals surface area (Å²) in [7, 11) is 1.33. The molecule has 0 aliphatic carbocycles. The Hall–Kier alpha value is -1.80. The highest BCUT2D eigenvalue weighted by molar-refractivity contribution is 7.15. The number of ether oxygens (including phenoxy) is 1. The summed E-state index contributed by atoms with van der Waals surface area (Å²) in [6.45, 7) is 4.98. The number of hydrogen-bond acceptors (Lipinski definition) is 7. The quantitative estimate of drug-likeness (QED) is 0.831. The van der Waals surface area contributed by atoms with E-state index in [-0.39, 0.29) is 5.69 Å². The predicted molar refractivity (Wildman–Crippen MR) is 75.6 cm³/mol. The lowest BCUT2D eigenvalue weighted by Gasteiger charge is -2.05. The molecule has 2 aromatic heterocycles. The second kappa shape index (κ2) is 6.10. The predicted octanol–water partition coefficient (Wildman–Crippen LogP) is 1.15. The maximum Gasteiger partial charge on any atom is 0.360 e. The molecule has 20 heavy (non-hydrogen) atoms. The molecule has 8 heteroatoms. The van der Waals surface area contributed by atoms with Gasteiger partial charge < -0.3 is 10.5 Å². The molecule has 2 N–H and O–H groups in total. The van der Waals surface area contributed by atoms with Gasteiger partial charge in [-0.05, 0) is 26.8 Å². The van der Waals surface area contributed by atoms with E-state index < -0.39 is 5.97 Å². The summed E-state index contributed by atoms with van der Waals surface area (Å²) in [5.74, 6) is -0.496. The fraction of sp³-hybridized carbons (Fsp3) is 0.500. The molecule has 0 unspecified atom stereocenters. The normalized spacial score (nSPS) is 10.8. The Morgan fingerprint density at radius 1 is 1.45 bits per heavy atom. The molecular weight excluding hydrogens is 278 g/mol. The van der Waals surface area contributed by atoms with Crippen LogP contribution < -0.4 is 5.73 Å². The summed E-state index contributed by atoms with van der Waals surface area (Å²) in [6.07, 6.45) is 0.758. The molecule has 2 heterocycles. The monoisotopic (exact) mass is 295 g/mol. The van der Waals surface area contributed by atoms with Gasteiger partial charge in [0, 0.05) is 6.54 Å². The lowest BCUT2D eigenvalue weighted by molar-refractivity contribution is 0.0595. The number of esters is 1. The Kier molecular flexibility index (Phi) is 4.46. The highest BCUT2D eigenvalue weighted by Crippen LogP contribution is 2.31. The van der Waals surface area contributed by atoms with Gasteiger partial charge in [0.15, 0.2) is 5.69 Å². The van der Waals surface area contributed by atoms with Crippen LogP contribution in [0.3, 0.4) is 0 Å². The zero-order valence-electron chi connectivity index (χ0n) is 11.7. The Labute approximate surface area is 120 Å². The largest absolute Gasteiger partial charge is 0.464 e. The third-order valence-electron chi connectivity index (χ3n) is 2.81. The number of methoxy groups -OCH3 is 1. The van der Waals surface area contributed by atoms with Crippen LogP contribution in [-0.2, 0) is 11.3 Å². The van der Waals surface area contributed by atoms with E-state index in [2.05, 4.69) is 15.3 Å². The van der Waals surface area contributed by atoms with Gasteiger partial charge in [-0.15, -0.1) is 16.4 Å². The van der Waals surface area contributed by atoms with Gasteiger partial charge in [0.2, 0.25) is 0 Å². The molecule has 0 aromatic carbocycles. The topological polar surface area (TPSA) is 95.9 Å². The lowest BCUT2D eigenvalue weighted by Crippen LogP contribution is -2.09. The average Bonchev–Trinajstić information content (AvgIpc) is 2.98. The number of nitrogens with zero attached hydrogens (tertiary/aromatic N) is 4. The van der Waals surface area contributed by atoms with Crippen molar-refractivity contribution < 1.29 is 9.53 Å². The van der Waals surface area contributed by atoms with Gasteiger partial charge in [-0.1, -0.05) is 5.21 Å². The van der Waals surface area contributed by atoms with E-state index in [9.17, 15) is 4.79 Å². The third-order valence-corrected chi connectivity index (χ3v) is 3.89. The van der Waals surface area contributed by atoms with Crippen molar-refractivity contribution in [2.45, 2.75) is 26.8 Å². The minimum absolute atomic E-state index is 0.219. The third kappa shape index (κ3) is 2.70. The van der Waals surface area contributed by atoms with E-state index in [0.29, 0.717) is 18.8 Å². The van der Waals surface area contributed by atoms with Crippen LogP contribution in [0.15, 0.2) is 0 Å². The number of thiazole rings is 1. The lowest BCUT2D eigenvalue weighted by atomic mass is 10.2. The maximum absolute atomic E-state index is 11.8. The van der Waals surface area contributed by atoms with Gasteiger partial charge in [0.05, 0.1) is 22.7 Å². The minimum Gasteiger partial charge on any atom is -0.464 e. The number of aromatic nitrogens is 4. The summed E-state index contributed by atoms with van der Waals surface area (Å²) in [5.41, 5.74) is 7.26. The average molecular weight is 295 g/mol. The summed E-state index contributed by atoms with van der Waals surface area (Å²) < 4.78 is 6.46. The van der Waals surface area contributed by atoms with Gasteiger partial charge in [0.25, 0.3) is 0 Å². The van der Waals surface area contributed by atoms with Gasteiger partial charge in [-0.2, -0.15) is 0 Å². The Morgan fingerprint density at radius 3 is 2.75 bits per heavy atom. The van der Waals surface area contributed by atoms with Crippen LogP contribution in [0.5, 0.6) is 0 Å². The smallest absolute Gasteiger partial charge is 0.360 e. The van der Waals surface area contributed by atoms with Crippen molar-refractivity contribution in [2.24, 2.45) is 5.73 Å². The first-order valence-electron chi connectivity index (χ1n) is 6.24. The number of rotatable bonds is 5. The Bertz CT molecular complexity index is 619. The fourth-order valence-corrected chi connectivity index (χ4v) is 2.89. The summed E-state index contributed by atoms with van der Waals surface area (Å²) in [4.78, 5) is 17.1. The molecule has 0 saturated heterocycles. The molecule has 2 aromatic rings. The molecule has 0 fully saturated rings. The first-order chi connectivity index (χ1) is 9.58. The highest BCUT2D eigenvalue weighted by Gasteiger charge is 2.24. The van der Waals surface area contributed by atoms with Crippen LogP contribution >= 0.6 is 11.3 Å². The number of aryl methyl sites for hydroxylation is 3. The highest BCUT2D eigenvalue weighted by atomic mass is 32.1. The van der Waals surface area contributed by atoms with E-state index in [0.717, 1.165) is 22.0 Å². The SMILES string of the molecule is COC(=O)c1nnn(CCCN)c1-c1sc(C)nc1C. The van der Waals surface area contributed by atoms with E-state index in [4.69, 9.17) is 10.5 Å². The molecule has 108 valence electrons. The van der Waals surface area contributed by atoms with Crippen molar-refractivity contribution in [2.75, 3.05) is 13.7 Å². The number of hydrogen-bond donors (Lipinski definition) is 1. The van der Waals surface area contributed by atoms with Crippen LogP contribution in [-0.4, -0.2) is 39.6 Å². The molecule has 0 bridgehead atoms. The Balaban J connectivity index is 2.54. The van der Waals surface area contributed by atoms with Gasteiger partial charge >= 0.3 is 5.97 Å². The van der Waals surface area contributed by atoms with Crippen molar-refractivity contribution in [3.8, 4) is 10.6 Å². The fourth-order valence-electron chi connectivity index (χ4n) is 1.92.